The molecule has 3 N–H and O–H groups in total. The number of aliphatic hydroxyl groups is 2. The first kappa shape index (κ1) is 24.2. The van der Waals surface area contributed by atoms with Crippen LogP contribution >= 0.6 is 11.6 Å². The molecule has 168 valence electrons. The Morgan fingerprint density at radius 3 is 2.47 bits per heavy atom. The summed E-state index contributed by atoms with van der Waals surface area (Å²) >= 11 is 6.54. The standard InChI is InChI=1S/C28H32ClNO2/c1-21-23(9-5-11-27(21)24-7-3-2-4-8-24)14-15-25-13-12-22(19-28(25)29)20-30-17-6-10-26(32)16-18-31/h2-5,7-9,11-15,19,26,30-32H,6,10,16-18,20H2,1H3/b15-14+. The molecule has 32 heavy (non-hydrogen) atoms. The van der Waals surface area contributed by atoms with Gasteiger partial charge in [0, 0.05) is 18.2 Å². The van der Waals surface area contributed by atoms with E-state index < -0.39 is 6.10 Å². The minimum Gasteiger partial charge on any atom is -0.396 e. The average molecular weight is 450 g/mol. The average Bonchev–Trinajstić information content (AvgIpc) is 2.80. The maximum absolute atomic E-state index is 9.64. The normalized spacial score (nSPS) is 12.4. The Labute approximate surface area is 196 Å². The number of hydrogen-bond donors (Lipinski definition) is 3. The van der Waals surface area contributed by atoms with Crippen molar-refractivity contribution in [2.24, 2.45) is 0 Å². The van der Waals surface area contributed by atoms with Crippen LogP contribution in [0.1, 0.15) is 41.5 Å². The SMILES string of the molecule is Cc1c(/C=C/c2ccc(CNCCCC(O)CCO)cc2Cl)cccc1-c1ccccc1. The van der Waals surface area contributed by atoms with Gasteiger partial charge in [0.25, 0.3) is 0 Å². The van der Waals surface area contributed by atoms with E-state index in [4.69, 9.17) is 16.7 Å². The van der Waals surface area contributed by atoms with Crippen molar-refractivity contribution in [1.29, 1.82) is 0 Å². The largest absolute Gasteiger partial charge is 0.396 e. The van der Waals surface area contributed by atoms with E-state index in [1.165, 1.54) is 22.3 Å². The highest BCUT2D eigenvalue weighted by Gasteiger charge is 2.05. The van der Waals surface area contributed by atoms with E-state index in [2.05, 4.69) is 79.0 Å². The summed E-state index contributed by atoms with van der Waals surface area (Å²) in [5.74, 6) is 0. The highest BCUT2D eigenvalue weighted by molar-refractivity contribution is 6.32. The van der Waals surface area contributed by atoms with Crippen molar-refractivity contribution in [2.45, 2.75) is 38.8 Å². The molecule has 0 amide bonds. The van der Waals surface area contributed by atoms with Gasteiger partial charge in [-0.25, -0.2) is 0 Å². The molecule has 0 saturated carbocycles. The van der Waals surface area contributed by atoms with Crippen molar-refractivity contribution in [3.63, 3.8) is 0 Å². The highest BCUT2D eigenvalue weighted by Crippen LogP contribution is 2.27. The van der Waals surface area contributed by atoms with Crippen LogP contribution in [0.3, 0.4) is 0 Å². The molecule has 1 atom stereocenters. The molecule has 0 aliphatic carbocycles. The summed E-state index contributed by atoms with van der Waals surface area (Å²) in [6.07, 6.45) is 5.79. The Hall–Kier alpha value is -2.43. The van der Waals surface area contributed by atoms with Crippen LogP contribution in [-0.2, 0) is 6.54 Å². The van der Waals surface area contributed by atoms with Gasteiger partial charge in [0.05, 0.1) is 6.10 Å². The van der Waals surface area contributed by atoms with E-state index in [0.29, 0.717) is 12.8 Å². The Bertz CT molecular complexity index is 1020. The predicted molar refractivity (Wildman–Crippen MR) is 136 cm³/mol. The van der Waals surface area contributed by atoms with Gasteiger partial charge >= 0.3 is 0 Å². The third-order valence-corrected chi connectivity index (χ3v) is 5.98. The smallest absolute Gasteiger partial charge is 0.0562 e. The van der Waals surface area contributed by atoms with Crippen LogP contribution in [0, 0.1) is 6.92 Å². The number of halogens is 1. The zero-order valence-corrected chi connectivity index (χ0v) is 19.4. The van der Waals surface area contributed by atoms with Crippen LogP contribution in [0.5, 0.6) is 0 Å². The van der Waals surface area contributed by atoms with Gasteiger partial charge in [-0.2, -0.15) is 0 Å². The molecule has 3 aromatic carbocycles. The Morgan fingerprint density at radius 1 is 0.938 bits per heavy atom. The first-order valence-corrected chi connectivity index (χ1v) is 11.6. The number of rotatable bonds is 11. The van der Waals surface area contributed by atoms with E-state index in [1.54, 1.807) is 0 Å². The van der Waals surface area contributed by atoms with Gasteiger partial charge in [0.15, 0.2) is 0 Å². The zero-order chi connectivity index (χ0) is 22.8. The van der Waals surface area contributed by atoms with Crippen molar-refractivity contribution < 1.29 is 10.2 Å². The van der Waals surface area contributed by atoms with Crippen molar-refractivity contribution in [1.82, 2.24) is 5.32 Å². The lowest BCUT2D eigenvalue weighted by Crippen LogP contribution is -2.17. The molecule has 3 rings (SSSR count). The zero-order valence-electron chi connectivity index (χ0n) is 18.6. The third-order valence-electron chi connectivity index (χ3n) is 5.65. The summed E-state index contributed by atoms with van der Waals surface area (Å²) in [5.41, 5.74) is 7.01. The molecule has 0 fully saturated rings. The van der Waals surface area contributed by atoms with Crippen LogP contribution in [0.25, 0.3) is 23.3 Å². The summed E-state index contributed by atoms with van der Waals surface area (Å²) in [4.78, 5) is 0. The molecule has 1 unspecified atom stereocenters. The monoisotopic (exact) mass is 449 g/mol. The molecule has 0 spiro atoms. The van der Waals surface area contributed by atoms with Crippen molar-refractivity contribution in [3.8, 4) is 11.1 Å². The minimum atomic E-state index is -0.417. The second-order valence-electron chi connectivity index (χ2n) is 8.06. The minimum absolute atomic E-state index is 0.0337. The second-order valence-corrected chi connectivity index (χ2v) is 8.47. The van der Waals surface area contributed by atoms with Crippen LogP contribution in [0.4, 0.5) is 0 Å². The van der Waals surface area contributed by atoms with Crippen LogP contribution < -0.4 is 5.32 Å². The number of aliphatic hydroxyl groups excluding tert-OH is 2. The van der Waals surface area contributed by atoms with Gasteiger partial charge in [-0.05, 0) is 72.2 Å². The van der Waals surface area contributed by atoms with Gasteiger partial charge in [-0.15, -0.1) is 0 Å². The van der Waals surface area contributed by atoms with Crippen LogP contribution in [0.15, 0.2) is 66.7 Å². The van der Waals surface area contributed by atoms with Crippen molar-refractivity contribution in [2.75, 3.05) is 13.2 Å². The summed E-state index contributed by atoms with van der Waals surface area (Å²) in [6.45, 7) is 3.74. The molecule has 0 aromatic heterocycles. The molecule has 0 saturated heterocycles. The first-order valence-electron chi connectivity index (χ1n) is 11.2. The van der Waals surface area contributed by atoms with Gasteiger partial charge in [-0.1, -0.05) is 84.4 Å². The number of nitrogens with one attached hydrogen (secondary N) is 1. The lowest BCUT2D eigenvalue weighted by Gasteiger charge is -2.10. The molecule has 3 aromatic rings. The fourth-order valence-corrected chi connectivity index (χ4v) is 4.01. The fourth-order valence-electron chi connectivity index (χ4n) is 3.75. The quantitative estimate of drug-likeness (QED) is 0.245. The molecular formula is C28H32ClNO2. The van der Waals surface area contributed by atoms with Gasteiger partial charge in [0.1, 0.15) is 0 Å². The van der Waals surface area contributed by atoms with Crippen LogP contribution in [-0.4, -0.2) is 29.5 Å². The van der Waals surface area contributed by atoms with Gasteiger partial charge in [-0.3, -0.25) is 0 Å². The molecular weight excluding hydrogens is 418 g/mol. The van der Waals surface area contributed by atoms with Crippen LogP contribution in [0.2, 0.25) is 5.02 Å². The molecule has 0 heterocycles. The van der Waals surface area contributed by atoms with E-state index in [-0.39, 0.29) is 6.61 Å². The Morgan fingerprint density at radius 2 is 1.72 bits per heavy atom. The van der Waals surface area contributed by atoms with Crippen molar-refractivity contribution in [3.05, 3.63) is 94.0 Å². The maximum atomic E-state index is 9.64. The van der Waals surface area contributed by atoms with Gasteiger partial charge in [0.2, 0.25) is 0 Å². The predicted octanol–water partition coefficient (Wildman–Crippen LogP) is 6.10. The Kier molecular flexibility index (Phi) is 9.51. The van der Waals surface area contributed by atoms with E-state index >= 15 is 0 Å². The third kappa shape index (κ3) is 7.04. The number of benzene rings is 3. The van der Waals surface area contributed by atoms with E-state index in [0.717, 1.165) is 35.7 Å². The van der Waals surface area contributed by atoms with E-state index in [9.17, 15) is 5.11 Å². The molecule has 4 heteroatoms. The lowest BCUT2D eigenvalue weighted by molar-refractivity contribution is 0.123. The summed E-state index contributed by atoms with van der Waals surface area (Å²) < 4.78 is 0. The molecule has 0 aliphatic heterocycles. The maximum Gasteiger partial charge on any atom is 0.0562 e. The van der Waals surface area contributed by atoms with Gasteiger partial charge < -0.3 is 15.5 Å². The summed E-state index contributed by atoms with van der Waals surface area (Å²) in [6, 6.07) is 23.0. The molecule has 0 aliphatic rings. The second kappa shape index (κ2) is 12.6. The Balaban J connectivity index is 1.59. The fraction of sp³-hybridized carbons (Fsp3) is 0.286. The lowest BCUT2D eigenvalue weighted by atomic mass is 9.96. The summed E-state index contributed by atoms with van der Waals surface area (Å²) in [7, 11) is 0. The van der Waals surface area contributed by atoms with E-state index in [1.807, 2.05) is 12.1 Å². The molecule has 0 bridgehead atoms. The molecule has 3 nitrogen and oxygen atoms in total. The highest BCUT2D eigenvalue weighted by atomic mass is 35.5. The first-order chi connectivity index (χ1) is 15.6. The number of hydrogen-bond acceptors (Lipinski definition) is 3. The molecule has 0 radical (unpaired) electrons. The summed E-state index contributed by atoms with van der Waals surface area (Å²) in [5, 5.41) is 22.6. The topological polar surface area (TPSA) is 52.5 Å². The van der Waals surface area contributed by atoms with Crippen molar-refractivity contribution >= 4 is 23.8 Å².